The third kappa shape index (κ3) is 4.84. The van der Waals surface area contributed by atoms with Gasteiger partial charge in [0.25, 0.3) is 0 Å². The van der Waals surface area contributed by atoms with Crippen LogP contribution < -0.4 is 10.6 Å². The van der Waals surface area contributed by atoms with Crippen LogP contribution in [0, 0.1) is 17.2 Å². The van der Waals surface area contributed by atoms with Crippen LogP contribution in [0.2, 0.25) is 0 Å². The first-order valence-electron chi connectivity index (χ1n) is 8.93. The first kappa shape index (κ1) is 18.0. The van der Waals surface area contributed by atoms with E-state index in [2.05, 4.69) is 28.8 Å². The van der Waals surface area contributed by atoms with Crippen molar-refractivity contribution in [2.45, 2.75) is 25.5 Å². The van der Waals surface area contributed by atoms with Crippen LogP contribution in [-0.4, -0.2) is 19.2 Å². The van der Waals surface area contributed by atoms with Crippen molar-refractivity contribution in [1.82, 2.24) is 10.6 Å². The number of carbonyl (C=O) groups excluding carboxylic acids is 1. The molecule has 2 atom stereocenters. The van der Waals surface area contributed by atoms with Crippen LogP contribution in [0.25, 0.3) is 0 Å². The second-order valence-corrected chi connectivity index (χ2v) is 6.48. The minimum atomic E-state index is -0.188. The van der Waals surface area contributed by atoms with E-state index >= 15 is 0 Å². The lowest BCUT2D eigenvalue weighted by Crippen LogP contribution is -2.40. The molecule has 0 bridgehead atoms. The van der Waals surface area contributed by atoms with Gasteiger partial charge in [0, 0.05) is 25.6 Å². The highest BCUT2D eigenvalue weighted by atomic mass is 16.5. The van der Waals surface area contributed by atoms with Gasteiger partial charge in [0.15, 0.2) is 0 Å². The summed E-state index contributed by atoms with van der Waals surface area (Å²) in [5.41, 5.74) is 2.74. The molecular weight excluding hydrogens is 326 g/mol. The van der Waals surface area contributed by atoms with Gasteiger partial charge in [0.1, 0.15) is 0 Å². The van der Waals surface area contributed by atoms with E-state index in [-0.39, 0.29) is 18.1 Å². The number of nitrogens with one attached hydrogen (secondary N) is 2. The summed E-state index contributed by atoms with van der Waals surface area (Å²) in [6.45, 7) is 1.78. The van der Waals surface area contributed by atoms with Crippen molar-refractivity contribution in [1.29, 1.82) is 5.26 Å². The molecule has 0 aromatic heterocycles. The van der Waals surface area contributed by atoms with Crippen LogP contribution in [0.4, 0.5) is 4.79 Å². The molecule has 1 aliphatic rings. The van der Waals surface area contributed by atoms with E-state index in [0.29, 0.717) is 18.7 Å². The molecule has 5 nitrogen and oxygen atoms in total. The van der Waals surface area contributed by atoms with Gasteiger partial charge in [0.05, 0.1) is 17.7 Å². The number of nitriles is 1. The topological polar surface area (TPSA) is 74.2 Å². The summed E-state index contributed by atoms with van der Waals surface area (Å²) in [5.74, 6) is 0.270. The van der Waals surface area contributed by atoms with Crippen molar-refractivity contribution in [3.05, 3.63) is 71.3 Å². The molecule has 1 aliphatic heterocycles. The smallest absolute Gasteiger partial charge is 0.315 e. The Bertz CT molecular complexity index is 753. The molecule has 1 saturated heterocycles. The van der Waals surface area contributed by atoms with Crippen LogP contribution in [-0.2, 0) is 11.3 Å². The van der Waals surface area contributed by atoms with E-state index in [1.54, 1.807) is 12.1 Å². The van der Waals surface area contributed by atoms with E-state index in [4.69, 9.17) is 10.00 Å². The number of carbonyl (C=O) groups is 1. The molecule has 2 amide bonds. The van der Waals surface area contributed by atoms with Crippen LogP contribution in [0.15, 0.2) is 54.6 Å². The Morgan fingerprint density at radius 2 is 1.88 bits per heavy atom. The first-order valence-corrected chi connectivity index (χ1v) is 8.93. The van der Waals surface area contributed by atoms with Crippen LogP contribution in [0.5, 0.6) is 0 Å². The second kappa shape index (κ2) is 9.02. The fourth-order valence-electron chi connectivity index (χ4n) is 3.23. The number of nitrogens with zero attached hydrogens (tertiary/aromatic N) is 1. The molecule has 2 aromatic carbocycles. The summed E-state index contributed by atoms with van der Waals surface area (Å²) in [4.78, 5) is 12.1. The number of rotatable bonds is 5. The molecule has 0 radical (unpaired) electrons. The van der Waals surface area contributed by atoms with Gasteiger partial charge in [-0.15, -0.1) is 0 Å². The predicted molar refractivity (Wildman–Crippen MR) is 99.3 cm³/mol. The highest BCUT2D eigenvalue weighted by Crippen LogP contribution is 2.32. The lowest BCUT2D eigenvalue weighted by Gasteiger charge is -2.32. The largest absolute Gasteiger partial charge is 0.373 e. The Kier molecular flexibility index (Phi) is 6.24. The molecule has 2 aromatic rings. The fraction of sp³-hybridized carbons (Fsp3) is 0.333. The number of amides is 2. The minimum absolute atomic E-state index is 0.0313. The third-order valence-electron chi connectivity index (χ3n) is 4.63. The molecule has 2 N–H and O–H groups in total. The third-order valence-corrected chi connectivity index (χ3v) is 4.63. The van der Waals surface area contributed by atoms with Crippen molar-refractivity contribution in [2.75, 3.05) is 13.2 Å². The average Bonchev–Trinajstić information content (AvgIpc) is 2.72. The molecule has 1 heterocycles. The van der Waals surface area contributed by atoms with Gasteiger partial charge in [-0.1, -0.05) is 42.5 Å². The molecule has 26 heavy (non-hydrogen) atoms. The quantitative estimate of drug-likeness (QED) is 0.867. The van der Waals surface area contributed by atoms with Crippen LogP contribution in [0.3, 0.4) is 0 Å². The second-order valence-electron chi connectivity index (χ2n) is 6.48. The van der Waals surface area contributed by atoms with Crippen molar-refractivity contribution >= 4 is 6.03 Å². The molecule has 1 fully saturated rings. The van der Waals surface area contributed by atoms with Gasteiger partial charge < -0.3 is 15.4 Å². The maximum Gasteiger partial charge on any atom is 0.315 e. The minimum Gasteiger partial charge on any atom is -0.373 e. The monoisotopic (exact) mass is 349 g/mol. The maximum atomic E-state index is 12.1. The van der Waals surface area contributed by atoms with Gasteiger partial charge in [-0.3, -0.25) is 0 Å². The van der Waals surface area contributed by atoms with Gasteiger partial charge >= 0.3 is 6.03 Å². The molecular formula is C21H23N3O2. The zero-order valence-corrected chi connectivity index (χ0v) is 14.7. The highest BCUT2D eigenvalue weighted by Gasteiger charge is 2.27. The maximum absolute atomic E-state index is 12.1. The van der Waals surface area contributed by atoms with E-state index < -0.39 is 0 Å². The fourth-order valence-corrected chi connectivity index (χ4v) is 3.23. The normalized spacial score (nSPS) is 19.3. The summed E-state index contributed by atoms with van der Waals surface area (Å²) in [6, 6.07) is 19.3. The summed E-state index contributed by atoms with van der Waals surface area (Å²) in [6.07, 6.45) is 2.08. The SMILES string of the molecule is N#Cc1ccc(CNC(=O)NC[C@H]2CCCO[C@H]2c2ccccc2)cc1. The molecule has 0 saturated carbocycles. The average molecular weight is 349 g/mol. The highest BCUT2D eigenvalue weighted by molar-refractivity contribution is 5.73. The zero-order valence-electron chi connectivity index (χ0n) is 14.7. The van der Waals surface area contributed by atoms with Crippen molar-refractivity contribution in [2.24, 2.45) is 5.92 Å². The Morgan fingerprint density at radius 3 is 2.62 bits per heavy atom. The van der Waals surface area contributed by atoms with E-state index in [1.165, 1.54) is 0 Å². The number of urea groups is 1. The lowest BCUT2D eigenvalue weighted by atomic mass is 9.89. The van der Waals surface area contributed by atoms with E-state index in [0.717, 1.165) is 30.6 Å². The Balaban J connectivity index is 1.48. The Hall–Kier alpha value is -2.84. The Morgan fingerprint density at radius 1 is 1.12 bits per heavy atom. The van der Waals surface area contributed by atoms with E-state index in [1.807, 2.05) is 30.3 Å². The summed E-state index contributed by atoms with van der Waals surface area (Å²) in [5, 5.41) is 14.6. The predicted octanol–water partition coefficient (Wildman–Crippen LogP) is 3.53. The van der Waals surface area contributed by atoms with Gasteiger partial charge in [-0.05, 0) is 36.1 Å². The van der Waals surface area contributed by atoms with Gasteiger partial charge in [-0.2, -0.15) is 5.26 Å². The first-order chi connectivity index (χ1) is 12.8. The lowest BCUT2D eigenvalue weighted by molar-refractivity contribution is -0.0269. The van der Waals surface area contributed by atoms with Crippen molar-refractivity contribution < 1.29 is 9.53 Å². The summed E-state index contributed by atoms with van der Waals surface area (Å²) >= 11 is 0. The molecule has 0 unspecified atom stereocenters. The van der Waals surface area contributed by atoms with Crippen LogP contribution >= 0.6 is 0 Å². The van der Waals surface area contributed by atoms with Crippen molar-refractivity contribution in [3.8, 4) is 6.07 Å². The number of benzene rings is 2. The molecule has 134 valence electrons. The number of ether oxygens (including phenoxy) is 1. The Labute approximate surface area is 154 Å². The summed E-state index contributed by atoms with van der Waals surface area (Å²) in [7, 11) is 0. The van der Waals surface area contributed by atoms with Crippen LogP contribution in [0.1, 0.15) is 35.6 Å². The van der Waals surface area contributed by atoms with Gasteiger partial charge in [0.2, 0.25) is 0 Å². The number of hydrogen-bond donors (Lipinski definition) is 2. The van der Waals surface area contributed by atoms with Gasteiger partial charge in [-0.25, -0.2) is 4.79 Å². The molecule has 0 aliphatic carbocycles. The zero-order chi connectivity index (χ0) is 18.2. The summed E-state index contributed by atoms with van der Waals surface area (Å²) < 4.78 is 5.96. The van der Waals surface area contributed by atoms with E-state index in [9.17, 15) is 4.79 Å². The number of hydrogen-bond acceptors (Lipinski definition) is 3. The standard InChI is InChI=1S/C21H23N3O2/c22-13-16-8-10-17(11-9-16)14-23-21(25)24-15-19-7-4-12-26-20(19)18-5-2-1-3-6-18/h1-3,5-6,8-11,19-20H,4,7,12,14-15H2,(H2,23,24,25)/t19-,20+/m1/s1. The molecule has 0 spiro atoms. The molecule has 5 heteroatoms. The molecule has 3 rings (SSSR count). The van der Waals surface area contributed by atoms with Crippen molar-refractivity contribution in [3.63, 3.8) is 0 Å².